The Labute approximate surface area is 189 Å². The molecule has 4 aromatic rings. The first-order valence-corrected chi connectivity index (χ1v) is 12.3. The zero-order valence-electron chi connectivity index (χ0n) is 19.2. The Kier molecular flexibility index (Phi) is 3.84. The monoisotopic (exact) mass is 420 g/mol. The van der Waals surface area contributed by atoms with Gasteiger partial charge in [-0.25, -0.2) is 4.57 Å². The van der Waals surface area contributed by atoms with Gasteiger partial charge in [-0.15, -0.1) is 0 Å². The van der Waals surface area contributed by atoms with E-state index in [2.05, 4.69) is 74.1 Å². The largest absolute Gasteiger partial charge is 0.455 e. The summed E-state index contributed by atoms with van der Waals surface area (Å²) in [5.41, 5.74) is 6.72. The summed E-state index contributed by atoms with van der Waals surface area (Å²) in [6, 6.07) is 16.0. The second-order valence-electron chi connectivity index (χ2n) is 10.3. The summed E-state index contributed by atoms with van der Waals surface area (Å²) >= 11 is 0. The molecule has 2 heteroatoms. The van der Waals surface area contributed by atoms with Crippen LogP contribution in [0.1, 0.15) is 55.2 Å². The van der Waals surface area contributed by atoms with Gasteiger partial charge in [-0.2, -0.15) is 0 Å². The summed E-state index contributed by atoms with van der Waals surface area (Å²) in [6.07, 6.45) is 8.85. The average Bonchev–Trinajstić information content (AvgIpc) is 3.45. The molecule has 160 valence electrons. The molecule has 0 radical (unpaired) electrons. The summed E-state index contributed by atoms with van der Waals surface area (Å²) < 4.78 is 9.18. The van der Waals surface area contributed by atoms with Crippen molar-refractivity contribution in [1.82, 2.24) is 0 Å². The lowest BCUT2D eigenvalue weighted by atomic mass is 9.82. The SMILES string of the molecule is CCc1c2c(c(C)c3ccccc13)-c1c3c(cc(C4CC5CCC4C5)cc3cc[n+]1C)O2. The van der Waals surface area contributed by atoms with Gasteiger partial charge in [0.25, 0.3) is 0 Å². The molecule has 1 aliphatic heterocycles. The Morgan fingerprint density at radius 3 is 2.62 bits per heavy atom. The van der Waals surface area contributed by atoms with E-state index in [4.69, 9.17) is 4.74 Å². The van der Waals surface area contributed by atoms with Gasteiger partial charge in [0.05, 0.1) is 10.9 Å². The molecule has 2 aliphatic carbocycles. The lowest BCUT2D eigenvalue weighted by Gasteiger charge is -2.27. The summed E-state index contributed by atoms with van der Waals surface area (Å²) in [4.78, 5) is 0. The number of pyridine rings is 1. The fraction of sp³-hybridized carbons (Fsp3) is 0.367. The van der Waals surface area contributed by atoms with Gasteiger partial charge in [0, 0.05) is 11.6 Å². The number of benzene rings is 3. The highest BCUT2D eigenvalue weighted by molar-refractivity contribution is 6.06. The van der Waals surface area contributed by atoms with Crippen LogP contribution >= 0.6 is 0 Å². The molecule has 7 rings (SSSR count). The van der Waals surface area contributed by atoms with Gasteiger partial charge in [-0.1, -0.05) is 43.7 Å². The van der Waals surface area contributed by atoms with Crippen LogP contribution in [-0.2, 0) is 13.5 Å². The van der Waals surface area contributed by atoms with E-state index in [9.17, 15) is 0 Å². The van der Waals surface area contributed by atoms with Crippen LogP contribution in [-0.4, -0.2) is 0 Å². The minimum atomic E-state index is 0.709. The first kappa shape index (κ1) is 18.7. The second kappa shape index (κ2) is 6.57. The summed E-state index contributed by atoms with van der Waals surface area (Å²) in [5.74, 6) is 4.66. The maximum Gasteiger partial charge on any atom is 0.228 e. The van der Waals surface area contributed by atoms with Gasteiger partial charge in [-0.05, 0) is 83.7 Å². The van der Waals surface area contributed by atoms with Crippen LogP contribution in [0.25, 0.3) is 32.8 Å². The highest BCUT2D eigenvalue weighted by Crippen LogP contribution is 2.55. The van der Waals surface area contributed by atoms with Crippen molar-refractivity contribution in [3.8, 4) is 22.8 Å². The van der Waals surface area contributed by atoms with Crippen molar-refractivity contribution in [1.29, 1.82) is 0 Å². The number of rotatable bonds is 2. The number of nitrogens with zero attached hydrogens (tertiary/aromatic N) is 1. The van der Waals surface area contributed by atoms with E-state index in [1.54, 1.807) is 0 Å². The van der Waals surface area contributed by atoms with Gasteiger partial charge in [-0.3, -0.25) is 0 Å². The summed E-state index contributed by atoms with van der Waals surface area (Å²) in [5, 5.41) is 5.26. The van der Waals surface area contributed by atoms with Crippen LogP contribution in [0.15, 0.2) is 48.7 Å². The van der Waals surface area contributed by atoms with Gasteiger partial charge < -0.3 is 4.74 Å². The van der Waals surface area contributed by atoms with E-state index < -0.39 is 0 Å². The summed E-state index contributed by atoms with van der Waals surface area (Å²) in [6.45, 7) is 4.51. The predicted molar refractivity (Wildman–Crippen MR) is 130 cm³/mol. The molecule has 2 saturated carbocycles. The zero-order valence-corrected chi connectivity index (χ0v) is 19.2. The zero-order chi connectivity index (χ0) is 21.6. The molecule has 3 atom stereocenters. The van der Waals surface area contributed by atoms with E-state index in [-0.39, 0.29) is 0 Å². The minimum absolute atomic E-state index is 0.709. The molecule has 0 amide bonds. The van der Waals surface area contributed by atoms with Crippen molar-refractivity contribution in [3.63, 3.8) is 0 Å². The van der Waals surface area contributed by atoms with Crippen molar-refractivity contribution in [3.05, 3.63) is 65.4 Å². The Bertz CT molecular complexity index is 1430. The number of hydrogen-bond acceptors (Lipinski definition) is 1. The van der Waals surface area contributed by atoms with Gasteiger partial charge in [0.1, 0.15) is 18.5 Å². The van der Waals surface area contributed by atoms with Crippen LogP contribution in [0.5, 0.6) is 11.5 Å². The van der Waals surface area contributed by atoms with Crippen LogP contribution in [0.3, 0.4) is 0 Å². The number of ether oxygens (including phenoxy) is 1. The molecule has 0 N–H and O–H groups in total. The van der Waals surface area contributed by atoms with E-state index in [0.717, 1.165) is 29.8 Å². The predicted octanol–water partition coefficient (Wildman–Crippen LogP) is 7.36. The lowest BCUT2D eigenvalue weighted by Crippen LogP contribution is -2.32. The van der Waals surface area contributed by atoms with Crippen LogP contribution in [0.2, 0.25) is 0 Å². The van der Waals surface area contributed by atoms with Crippen molar-refractivity contribution < 1.29 is 9.30 Å². The van der Waals surface area contributed by atoms with E-state index in [0.29, 0.717) is 5.92 Å². The first-order chi connectivity index (χ1) is 15.6. The molecule has 2 nitrogen and oxygen atoms in total. The average molecular weight is 421 g/mol. The third kappa shape index (κ3) is 2.38. The van der Waals surface area contributed by atoms with Crippen LogP contribution in [0, 0.1) is 18.8 Å². The van der Waals surface area contributed by atoms with Gasteiger partial charge >= 0.3 is 0 Å². The standard InChI is InChI=1S/C30H30NO/c1-4-22-24-8-6-5-7-23(24)17(2)27-29-28-20(11-12-31(29)3)15-21(16-26(28)32-30(22)27)25-14-18-9-10-19(25)13-18/h5-8,11-12,15-16,18-19,25H,4,9-10,13-14H2,1-3H3/q+1. The Balaban J connectivity index is 1.54. The molecule has 32 heavy (non-hydrogen) atoms. The second-order valence-corrected chi connectivity index (χ2v) is 10.3. The third-order valence-corrected chi connectivity index (χ3v) is 8.72. The molecular weight excluding hydrogens is 390 g/mol. The van der Waals surface area contributed by atoms with E-state index >= 15 is 0 Å². The molecule has 2 fully saturated rings. The Morgan fingerprint density at radius 1 is 1.03 bits per heavy atom. The smallest absolute Gasteiger partial charge is 0.228 e. The Hall–Kier alpha value is -2.87. The molecule has 2 bridgehead atoms. The van der Waals surface area contributed by atoms with Crippen molar-refractivity contribution >= 4 is 21.5 Å². The third-order valence-electron chi connectivity index (χ3n) is 8.72. The highest BCUT2D eigenvalue weighted by Gasteiger charge is 2.41. The summed E-state index contributed by atoms with van der Waals surface area (Å²) in [7, 11) is 2.18. The van der Waals surface area contributed by atoms with E-state index in [1.807, 2.05) is 0 Å². The van der Waals surface area contributed by atoms with Crippen LogP contribution < -0.4 is 9.30 Å². The van der Waals surface area contributed by atoms with Crippen LogP contribution in [0.4, 0.5) is 0 Å². The topological polar surface area (TPSA) is 13.1 Å². The van der Waals surface area contributed by atoms with E-state index in [1.165, 1.54) is 75.2 Å². The lowest BCUT2D eigenvalue weighted by molar-refractivity contribution is -0.659. The number of aromatic nitrogens is 1. The number of aryl methyl sites for hydroxylation is 3. The highest BCUT2D eigenvalue weighted by atomic mass is 16.5. The van der Waals surface area contributed by atoms with Gasteiger partial charge in [0.15, 0.2) is 6.20 Å². The molecule has 0 saturated heterocycles. The van der Waals surface area contributed by atoms with Crippen molar-refractivity contribution in [2.24, 2.45) is 18.9 Å². The van der Waals surface area contributed by atoms with Crippen molar-refractivity contribution in [2.75, 3.05) is 0 Å². The molecule has 0 spiro atoms. The maximum atomic E-state index is 6.88. The molecule has 3 aromatic carbocycles. The fourth-order valence-corrected chi connectivity index (χ4v) is 7.25. The normalized spacial score (nSPS) is 23.0. The fourth-order valence-electron chi connectivity index (χ4n) is 7.25. The molecule has 1 aromatic heterocycles. The maximum absolute atomic E-state index is 6.88. The number of fused-ring (bicyclic) bond motifs is 5. The minimum Gasteiger partial charge on any atom is -0.455 e. The van der Waals surface area contributed by atoms with Crippen molar-refractivity contribution in [2.45, 2.75) is 51.9 Å². The first-order valence-electron chi connectivity index (χ1n) is 12.3. The quantitative estimate of drug-likeness (QED) is 0.272. The molecular formula is C30H30NO+. The Morgan fingerprint density at radius 2 is 1.88 bits per heavy atom. The molecule has 3 aliphatic rings. The van der Waals surface area contributed by atoms with Gasteiger partial charge in [0.2, 0.25) is 5.69 Å². The number of hydrogen-bond donors (Lipinski definition) is 0. The molecule has 2 heterocycles. The molecule has 3 unspecified atom stereocenters.